The molecule has 4 aromatic rings. The predicted molar refractivity (Wildman–Crippen MR) is 152 cm³/mol. The van der Waals surface area contributed by atoms with Crippen molar-refractivity contribution >= 4 is 29.0 Å². The van der Waals surface area contributed by atoms with Crippen molar-refractivity contribution in [1.82, 2.24) is 0 Å². The Bertz CT molecular complexity index is 1390. The first-order valence-corrected chi connectivity index (χ1v) is 13.2. The zero-order chi connectivity index (χ0) is 26.6. The molecule has 0 radical (unpaired) electrons. The fourth-order valence-corrected chi connectivity index (χ4v) is 4.75. The summed E-state index contributed by atoms with van der Waals surface area (Å²) in [6, 6.07) is 26.8. The van der Waals surface area contributed by atoms with Gasteiger partial charge in [0.05, 0.1) is 13.0 Å². The van der Waals surface area contributed by atoms with Crippen molar-refractivity contribution in [2.24, 2.45) is 0 Å². The standard InChI is InChI=1S/C32H30Cl2O3/c1-21-5-10-26(17-24(21)19-33)32(2,3)27-11-16-30(25(18-27)20-34)37-29-14-8-23(9-15-29)31(35)22-6-12-28(36-4)13-7-22/h5-18H,19-20H2,1-4H3. The zero-order valence-corrected chi connectivity index (χ0v) is 23.0. The Morgan fingerprint density at radius 1 is 0.730 bits per heavy atom. The van der Waals surface area contributed by atoms with E-state index < -0.39 is 0 Å². The van der Waals surface area contributed by atoms with Gasteiger partial charge in [0.1, 0.15) is 17.2 Å². The van der Waals surface area contributed by atoms with Gasteiger partial charge in [0.25, 0.3) is 0 Å². The molecule has 5 heteroatoms. The minimum Gasteiger partial charge on any atom is -0.497 e. The Morgan fingerprint density at radius 2 is 1.24 bits per heavy atom. The zero-order valence-electron chi connectivity index (χ0n) is 21.5. The van der Waals surface area contributed by atoms with Gasteiger partial charge in [-0.1, -0.05) is 38.1 Å². The topological polar surface area (TPSA) is 35.5 Å². The number of methoxy groups -OCH3 is 1. The van der Waals surface area contributed by atoms with Crippen LogP contribution in [-0.4, -0.2) is 12.9 Å². The van der Waals surface area contributed by atoms with Crippen LogP contribution < -0.4 is 9.47 Å². The van der Waals surface area contributed by atoms with Gasteiger partial charge in [-0.3, -0.25) is 4.79 Å². The summed E-state index contributed by atoms with van der Waals surface area (Å²) in [5.41, 5.74) is 6.51. The molecule has 37 heavy (non-hydrogen) atoms. The first-order chi connectivity index (χ1) is 17.8. The van der Waals surface area contributed by atoms with Gasteiger partial charge >= 0.3 is 0 Å². The summed E-state index contributed by atoms with van der Waals surface area (Å²) in [6.45, 7) is 6.47. The largest absolute Gasteiger partial charge is 0.497 e. The van der Waals surface area contributed by atoms with Crippen molar-refractivity contribution in [3.05, 3.63) is 124 Å². The van der Waals surface area contributed by atoms with Crippen LogP contribution in [0.2, 0.25) is 0 Å². The number of halogens is 2. The van der Waals surface area contributed by atoms with E-state index in [1.165, 1.54) is 11.1 Å². The lowest BCUT2D eigenvalue weighted by Gasteiger charge is -2.28. The van der Waals surface area contributed by atoms with Crippen LogP contribution in [0.25, 0.3) is 0 Å². The van der Waals surface area contributed by atoms with Crippen LogP contribution in [0.1, 0.15) is 57.6 Å². The second-order valence-electron chi connectivity index (χ2n) is 9.54. The first-order valence-electron chi connectivity index (χ1n) is 12.1. The lowest BCUT2D eigenvalue weighted by Crippen LogP contribution is -2.19. The summed E-state index contributed by atoms with van der Waals surface area (Å²) < 4.78 is 11.3. The fourth-order valence-electron chi connectivity index (χ4n) is 4.25. The highest BCUT2D eigenvalue weighted by Crippen LogP contribution is 2.37. The molecule has 0 aromatic heterocycles. The van der Waals surface area contributed by atoms with Gasteiger partial charge in [-0.05, 0) is 89.8 Å². The average Bonchev–Trinajstić information content (AvgIpc) is 2.93. The normalized spacial score (nSPS) is 11.3. The van der Waals surface area contributed by atoms with E-state index >= 15 is 0 Å². The maximum absolute atomic E-state index is 12.8. The van der Waals surface area contributed by atoms with Crippen molar-refractivity contribution in [2.75, 3.05) is 7.11 Å². The Morgan fingerprint density at radius 3 is 1.78 bits per heavy atom. The molecule has 0 unspecified atom stereocenters. The molecule has 0 saturated heterocycles. The number of rotatable bonds is 9. The Labute approximate surface area is 229 Å². The van der Waals surface area contributed by atoms with Crippen molar-refractivity contribution in [2.45, 2.75) is 37.9 Å². The van der Waals surface area contributed by atoms with E-state index in [9.17, 15) is 4.79 Å². The van der Waals surface area contributed by atoms with Crippen molar-refractivity contribution in [1.29, 1.82) is 0 Å². The third-order valence-electron chi connectivity index (χ3n) is 6.84. The molecule has 0 bridgehead atoms. The molecule has 0 aliphatic carbocycles. The number of benzene rings is 4. The number of hydrogen-bond donors (Lipinski definition) is 0. The Balaban J connectivity index is 1.54. The van der Waals surface area contributed by atoms with E-state index in [1.54, 1.807) is 55.6 Å². The second kappa shape index (κ2) is 11.4. The molecule has 0 fully saturated rings. The van der Waals surface area contributed by atoms with Gasteiger partial charge in [0.2, 0.25) is 0 Å². The maximum atomic E-state index is 12.8. The highest BCUT2D eigenvalue weighted by molar-refractivity contribution is 6.17. The SMILES string of the molecule is COc1ccc(C(=O)c2ccc(Oc3ccc(C(C)(C)c4ccc(C)c(CCl)c4)cc3CCl)cc2)cc1. The lowest BCUT2D eigenvalue weighted by atomic mass is 9.77. The molecular weight excluding hydrogens is 503 g/mol. The lowest BCUT2D eigenvalue weighted by molar-refractivity contribution is 0.103. The summed E-state index contributed by atoms with van der Waals surface area (Å²) >= 11 is 12.5. The van der Waals surface area contributed by atoms with Crippen molar-refractivity contribution in [3.63, 3.8) is 0 Å². The van der Waals surface area contributed by atoms with Crippen LogP contribution in [0.3, 0.4) is 0 Å². The number of carbonyl (C=O) groups is 1. The van der Waals surface area contributed by atoms with Gasteiger partial charge in [-0.25, -0.2) is 0 Å². The molecule has 0 amide bonds. The highest BCUT2D eigenvalue weighted by Gasteiger charge is 2.25. The van der Waals surface area contributed by atoms with Crippen LogP contribution in [0.15, 0.2) is 84.9 Å². The molecule has 0 atom stereocenters. The smallest absolute Gasteiger partial charge is 0.193 e. The number of alkyl halides is 2. The van der Waals surface area contributed by atoms with Gasteiger partial charge in [-0.2, -0.15) is 0 Å². The molecule has 0 N–H and O–H groups in total. The summed E-state index contributed by atoms with van der Waals surface area (Å²) in [5, 5.41) is 0. The molecule has 0 aliphatic heterocycles. The predicted octanol–water partition coefficient (Wildman–Crippen LogP) is 8.83. The second-order valence-corrected chi connectivity index (χ2v) is 10.1. The molecule has 0 saturated carbocycles. The summed E-state index contributed by atoms with van der Waals surface area (Å²) in [7, 11) is 1.60. The number of carbonyl (C=O) groups excluding carboxylic acids is 1. The van der Waals surface area contributed by atoms with Gasteiger partial charge in [0, 0.05) is 28.0 Å². The average molecular weight is 533 g/mol. The van der Waals surface area contributed by atoms with E-state index in [0.29, 0.717) is 40.1 Å². The minimum atomic E-state index is -0.239. The van der Waals surface area contributed by atoms with Gasteiger partial charge < -0.3 is 9.47 Å². The monoisotopic (exact) mass is 532 g/mol. The fraction of sp³-hybridized carbons (Fsp3) is 0.219. The maximum Gasteiger partial charge on any atom is 0.193 e. The molecular formula is C32H30Cl2O3. The number of aryl methyl sites for hydroxylation is 1. The molecule has 0 spiro atoms. The molecule has 4 rings (SSSR count). The van der Waals surface area contributed by atoms with Crippen LogP contribution >= 0.6 is 23.2 Å². The quantitative estimate of drug-likeness (QED) is 0.159. The van der Waals surface area contributed by atoms with Crippen molar-refractivity contribution < 1.29 is 14.3 Å². The third kappa shape index (κ3) is 5.84. The Kier molecular flexibility index (Phi) is 8.26. The van der Waals surface area contributed by atoms with E-state index in [1.807, 2.05) is 6.07 Å². The third-order valence-corrected chi connectivity index (χ3v) is 7.41. The van der Waals surface area contributed by atoms with Gasteiger partial charge in [-0.15, -0.1) is 23.2 Å². The Hall–Kier alpha value is -3.27. The molecule has 0 heterocycles. The van der Waals surface area contributed by atoms with E-state index in [0.717, 1.165) is 16.7 Å². The number of ether oxygens (including phenoxy) is 2. The molecule has 0 aliphatic rings. The number of hydrogen-bond acceptors (Lipinski definition) is 3. The summed E-state index contributed by atoms with van der Waals surface area (Å²) in [5.74, 6) is 2.78. The minimum absolute atomic E-state index is 0.0596. The molecule has 4 aromatic carbocycles. The summed E-state index contributed by atoms with van der Waals surface area (Å²) in [6.07, 6.45) is 0. The van der Waals surface area contributed by atoms with E-state index in [4.69, 9.17) is 32.7 Å². The van der Waals surface area contributed by atoms with Crippen molar-refractivity contribution in [3.8, 4) is 17.2 Å². The number of ketones is 1. The highest BCUT2D eigenvalue weighted by atomic mass is 35.5. The summed E-state index contributed by atoms with van der Waals surface area (Å²) in [4.78, 5) is 12.8. The molecule has 190 valence electrons. The van der Waals surface area contributed by atoms with E-state index in [2.05, 4.69) is 51.1 Å². The van der Waals surface area contributed by atoms with E-state index in [-0.39, 0.29) is 11.2 Å². The van der Waals surface area contributed by atoms with Gasteiger partial charge in [0.15, 0.2) is 5.78 Å². The van der Waals surface area contributed by atoms with Crippen LogP contribution in [-0.2, 0) is 17.2 Å². The van der Waals surface area contributed by atoms with Crippen LogP contribution in [0.4, 0.5) is 0 Å². The van der Waals surface area contributed by atoms with Crippen LogP contribution in [0.5, 0.6) is 17.2 Å². The first kappa shape index (κ1) is 26.8. The van der Waals surface area contributed by atoms with Crippen LogP contribution in [0, 0.1) is 6.92 Å². The molecule has 3 nitrogen and oxygen atoms in total.